The molecule has 1 fully saturated rings. The fraction of sp³-hybridized carbons (Fsp3) is 0.500. The lowest BCUT2D eigenvalue weighted by molar-refractivity contribution is 0.587. The molecule has 1 aliphatic carbocycles. The summed E-state index contributed by atoms with van der Waals surface area (Å²) >= 11 is 5.13. The van der Waals surface area contributed by atoms with Crippen molar-refractivity contribution >= 4 is 28.2 Å². The average molecular weight is 287 g/mol. The molecule has 1 unspecified atom stereocenters. The maximum atomic E-state index is 5.79. The zero-order chi connectivity index (χ0) is 14.4. The summed E-state index contributed by atoms with van der Waals surface area (Å²) in [5.41, 5.74) is 10.7. The molecule has 20 heavy (non-hydrogen) atoms. The van der Waals surface area contributed by atoms with Crippen molar-refractivity contribution in [1.82, 2.24) is 9.55 Å². The highest BCUT2D eigenvalue weighted by Gasteiger charge is 2.30. The molecule has 1 saturated carbocycles. The van der Waals surface area contributed by atoms with Gasteiger partial charge in [0.2, 0.25) is 0 Å². The van der Waals surface area contributed by atoms with Crippen LogP contribution in [0.1, 0.15) is 42.6 Å². The van der Waals surface area contributed by atoms with E-state index in [-0.39, 0.29) is 5.92 Å². The number of nitrogens with two attached hydrogens (primary N) is 1. The SMILES string of the molecule is Cc1cc2nc(C3CC3)n(CC(C)C(N)=S)c2cc1C. The lowest BCUT2D eigenvalue weighted by atomic mass is 10.1. The molecule has 0 spiro atoms. The maximum absolute atomic E-state index is 5.79. The topological polar surface area (TPSA) is 43.8 Å². The van der Waals surface area contributed by atoms with Gasteiger partial charge in [-0.1, -0.05) is 19.1 Å². The van der Waals surface area contributed by atoms with Gasteiger partial charge < -0.3 is 10.3 Å². The van der Waals surface area contributed by atoms with Crippen LogP contribution in [0.2, 0.25) is 0 Å². The molecule has 0 saturated heterocycles. The summed E-state index contributed by atoms with van der Waals surface area (Å²) in [6, 6.07) is 4.44. The van der Waals surface area contributed by atoms with Gasteiger partial charge in [-0.05, 0) is 49.9 Å². The molecule has 1 aliphatic rings. The maximum Gasteiger partial charge on any atom is 0.113 e. The number of aromatic nitrogens is 2. The number of nitrogens with zero attached hydrogens (tertiary/aromatic N) is 2. The van der Waals surface area contributed by atoms with E-state index >= 15 is 0 Å². The first-order chi connectivity index (χ1) is 9.47. The van der Waals surface area contributed by atoms with Crippen molar-refractivity contribution in [2.75, 3.05) is 0 Å². The van der Waals surface area contributed by atoms with Crippen molar-refractivity contribution < 1.29 is 0 Å². The standard InChI is InChI=1S/C16H21N3S/c1-9-6-13-14(7-10(9)2)19(8-11(3)15(17)20)16(18-13)12-4-5-12/h6-7,11-12H,4-5,8H2,1-3H3,(H2,17,20). The van der Waals surface area contributed by atoms with Gasteiger partial charge in [0.15, 0.2) is 0 Å². The Morgan fingerprint density at radius 2 is 2.05 bits per heavy atom. The summed E-state index contributed by atoms with van der Waals surface area (Å²) in [6.07, 6.45) is 2.51. The van der Waals surface area contributed by atoms with Crippen LogP contribution in [0.3, 0.4) is 0 Å². The van der Waals surface area contributed by atoms with Crippen molar-refractivity contribution in [2.45, 2.75) is 46.1 Å². The molecule has 3 rings (SSSR count). The molecular formula is C16H21N3S. The predicted octanol–water partition coefficient (Wildman–Crippen LogP) is 3.45. The molecule has 2 N–H and O–H groups in total. The van der Waals surface area contributed by atoms with Gasteiger partial charge in [-0.15, -0.1) is 0 Å². The third kappa shape index (κ3) is 2.33. The fourth-order valence-electron chi connectivity index (χ4n) is 2.61. The Kier molecular flexibility index (Phi) is 3.28. The van der Waals surface area contributed by atoms with Crippen LogP contribution >= 0.6 is 12.2 Å². The van der Waals surface area contributed by atoms with Crippen molar-refractivity contribution in [1.29, 1.82) is 0 Å². The number of fused-ring (bicyclic) bond motifs is 1. The Hall–Kier alpha value is -1.42. The molecular weight excluding hydrogens is 266 g/mol. The monoisotopic (exact) mass is 287 g/mol. The minimum absolute atomic E-state index is 0.196. The summed E-state index contributed by atoms with van der Waals surface area (Å²) in [4.78, 5) is 5.45. The third-order valence-electron chi connectivity index (χ3n) is 4.28. The summed E-state index contributed by atoms with van der Waals surface area (Å²) in [5, 5.41) is 0. The Bertz CT molecular complexity index is 683. The van der Waals surface area contributed by atoms with Crippen LogP contribution in [0.4, 0.5) is 0 Å². The van der Waals surface area contributed by atoms with Gasteiger partial charge in [0.1, 0.15) is 5.82 Å². The number of imidazole rings is 1. The molecule has 1 heterocycles. The number of benzene rings is 1. The molecule has 3 nitrogen and oxygen atoms in total. The first-order valence-corrected chi connectivity index (χ1v) is 7.65. The first kappa shape index (κ1) is 13.6. The normalized spacial score (nSPS) is 16.6. The number of hydrogen-bond acceptors (Lipinski definition) is 2. The van der Waals surface area contributed by atoms with E-state index in [1.54, 1.807) is 0 Å². The molecule has 4 heteroatoms. The van der Waals surface area contributed by atoms with E-state index in [9.17, 15) is 0 Å². The summed E-state index contributed by atoms with van der Waals surface area (Å²) in [5.74, 6) is 2.04. The van der Waals surface area contributed by atoms with E-state index in [0.29, 0.717) is 10.9 Å². The van der Waals surface area contributed by atoms with Gasteiger partial charge in [-0.3, -0.25) is 0 Å². The van der Waals surface area contributed by atoms with Crippen molar-refractivity contribution in [3.05, 3.63) is 29.1 Å². The number of thiocarbonyl (C=S) groups is 1. The molecule has 1 atom stereocenters. The Balaban J connectivity index is 2.13. The smallest absolute Gasteiger partial charge is 0.113 e. The van der Waals surface area contributed by atoms with E-state index in [1.165, 1.54) is 35.3 Å². The third-order valence-corrected chi connectivity index (χ3v) is 4.68. The number of rotatable bonds is 4. The van der Waals surface area contributed by atoms with Gasteiger partial charge in [0.25, 0.3) is 0 Å². The Morgan fingerprint density at radius 1 is 1.40 bits per heavy atom. The predicted molar refractivity (Wildman–Crippen MR) is 87.1 cm³/mol. The van der Waals surface area contributed by atoms with E-state index in [4.69, 9.17) is 22.9 Å². The minimum atomic E-state index is 0.196. The van der Waals surface area contributed by atoms with Crippen molar-refractivity contribution in [2.24, 2.45) is 11.7 Å². The summed E-state index contributed by atoms with van der Waals surface area (Å²) in [6.45, 7) is 7.22. The Labute approximate surface area is 125 Å². The minimum Gasteiger partial charge on any atom is -0.393 e. The van der Waals surface area contributed by atoms with Crippen LogP contribution in [0, 0.1) is 19.8 Å². The van der Waals surface area contributed by atoms with Crippen LogP contribution in [0.25, 0.3) is 11.0 Å². The lowest BCUT2D eigenvalue weighted by Crippen LogP contribution is -2.23. The largest absolute Gasteiger partial charge is 0.393 e. The highest BCUT2D eigenvalue weighted by Crippen LogP contribution is 2.41. The number of aryl methyl sites for hydroxylation is 2. The summed E-state index contributed by atoms with van der Waals surface area (Å²) < 4.78 is 2.34. The fourth-order valence-corrected chi connectivity index (χ4v) is 2.68. The van der Waals surface area contributed by atoms with Crippen LogP contribution < -0.4 is 5.73 Å². The van der Waals surface area contributed by atoms with Crippen LogP contribution in [0.15, 0.2) is 12.1 Å². The van der Waals surface area contributed by atoms with Gasteiger partial charge in [0, 0.05) is 18.4 Å². The second-order valence-corrected chi connectivity index (χ2v) is 6.55. The average Bonchev–Trinajstić information content (AvgIpc) is 3.17. The van der Waals surface area contributed by atoms with E-state index < -0.39 is 0 Å². The molecule has 2 aromatic rings. The van der Waals surface area contributed by atoms with Crippen molar-refractivity contribution in [3.8, 4) is 0 Å². The van der Waals surface area contributed by atoms with Gasteiger partial charge in [0.05, 0.1) is 16.0 Å². The summed E-state index contributed by atoms with van der Waals surface area (Å²) in [7, 11) is 0. The van der Waals surface area contributed by atoms with Gasteiger partial charge >= 0.3 is 0 Å². The van der Waals surface area contributed by atoms with E-state index in [0.717, 1.165) is 12.1 Å². The second kappa shape index (κ2) is 4.85. The highest BCUT2D eigenvalue weighted by molar-refractivity contribution is 7.80. The Morgan fingerprint density at radius 3 is 2.65 bits per heavy atom. The lowest BCUT2D eigenvalue weighted by Gasteiger charge is -2.14. The van der Waals surface area contributed by atoms with Crippen LogP contribution in [-0.2, 0) is 6.54 Å². The molecule has 1 aromatic carbocycles. The molecule has 106 valence electrons. The second-order valence-electron chi connectivity index (χ2n) is 6.08. The van der Waals surface area contributed by atoms with Gasteiger partial charge in [-0.25, -0.2) is 4.98 Å². The first-order valence-electron chi connectivity index (χ1n) is 7.24. The number of hydrogen-bond donors (Lipinski definition) is 1. The zero-order valence-corrected chi connectivity index (χ0v) is 13.1. The van der Waals surface area contributed by atoms with Crippen LogP contribution in [-0.4, -0.2) is 14.5 Å². The van der Waals surface area contributed by atoms with Gasteiger partial charge in [-0.2, -0.15) is 0 Å². The van der Waals surface area contributed by atoms with Crippen LogP contribution in [0.5, 0.6) is 0 Å². The van der Waals surface area contributed by atoms with Crippen molar-refractivity contribution in [3.63, 3.8) is 0 Å². The molecule has 1 aromatic heterocycles. The molecule has 0 amide bonds. The highest BCUT2D eigenvalue weighted by atomic mass is 32.1. The zero-order valence-electron chi connectivity index (χ0n) is 12.3. The molecule has 0 aliphatic heterocycles. The van der Waals surface area contributed by atoms with E-state index in [2.05, 4.69) is 37.5 Å². The quantitative estimate of drug-likeness (QED) is 0.876. The molecule has 0 radical (unpaired) electrons. The molecule has 0 bridgehead atoms. The van der Waals surface area contributed by atoms with E-state index in [1.807, 2.05) is 0 Å².